The van der Waals surface area contributed by atoms with E-state index >= 15 is 0 Å². The number of fused-ring (bicyclic) bond motifs is 1. The smallest absolute Gasteiger partial charge is 0.373 e. The summed E-state index contributed by atoms with van der Waals surface area (Å²) in [5.41, 5.74) is 0. The topological polar surface area (TPSA) is 52.0 Å². The van der Waals surface area contributed by atoms with Crippen LogP contribution in [0, 0.1) is 0 Å². The van der Waals surface area contributed by atoms with E-state index < -0.39 is 12.0 Å². The van der Waals surface area contributed by atoms with Crippen LogP contribution in [0.5, 0.6) is 0 Å². The standard InChI is InChI=1S/C11H15F3N4O/c1-6-2-3-8(19-6)7-4-5-15-10-16-9(11(12,13)14)17-18(7)10/h6-8H,2-5H2,1H3,(H,15,16,17). The molecule has 3 unspecified atom stereocenters. The van der Waals surface area contributed by atoms with Gasteiger partial charge in [0.25, 0.3) is 5.82 Å². The van der Waals surface area contributed by atoms with Crippen molar-refractivity contribution in [3.63, 3.8) is 0 Å². The van der Waals surface area contributed by atoms with Crippen LogP contribution >= 0.6 is 0 Å². The Balaban J connectivity index is 1.89. The summed E-state index contributed by atoms with van der Waals surface area (Å²) in [7, 11) is 0. The summed E-state index contributed by atoms with van der Waals surface area (Å²) in [6.07, 6.45) is -1.93. The summed E-state index contributed by atoms with van der Waals surface area (Å²) in [4.78, 5) is 3.52. The molecule has 106 valence electrons. The Morgan fingerprint density at radius 2 is 2.11 bits per heavy atom. The van der Waals surface area contributed by atoms with E-state index in [0.29, 0.717) is 13.0 Å². The van der Waals surface area contributed by atoms with Gasteiger partial charge in [-0.25, -0.2) is 4.68 Å². The molecule has 1 N–H and O–H groups in total. The van der Waals surface area contributed by atoms with Crippen LogP contribution in [-0.2, 0) is 10.9 Å². The molecule has 0 amide bonds. The van der Waals surface area contributed by atoms with E-state index in [1.54, 1.807) is 0 Å². The number of hydrogen-bond donors (Lipinski definition) is 1. The molecule has 5 nitrogen and oxygen atoms in total. The van der Waals surface area contributed by atoms with E-state index in [1.165, 1.54) is 4.68 Å². The molecular formula is C11H15F3N4O. The fraction of sp³-hybridized carbons (Fsp3) is 0.818. The van der Waals surface area contributed by atoms with Gasteiger partial charge in [0.15, 0.2) is 0 Å². The van der Waals surface area contributed by atoms with Crippen molar-refractivity contribution in [2.45, 2.75) is 50.6 Å². The van der Waals surface area contributed by atoms with E-state index in [-0.39, 0.29) is 24.2 Å². The third-order valence-electron chi connectivity index (χ3n) is 3.62. The highest BCUT2D eigenvalue weighted by atomic mass is 19.4. The van der Waals surface area contributed by atoms with Crippen molar-refractivity contribution in [3.8, 4) is 0 Å². The van der Waals surface area contributed by atoms with Crippen LogP contribution in [0.4, 0.5) is 19.1 Å². The summed E-state index contributed by atoms with van der Waals surface area (Å²) >= 11 is 0. The number of nitrogens with zero attached hydrogens (tertiary/aromatic N) is 3. The molecule has 0 aliphatic carbocycles. The Labute approximate surface area is 108 Å². The predicted molar refractivity (Wildman–Crippen MR) is 60.7 cm³/mol. The van der Waals surface area contributed by atoms with Crippen LogP contribution in [0.3, 0.4) is 0 Å². The van der Waals surface area contributed by atoms with Crippen molar-refractivity contribution < 1.29 is 17.9 Å². The summed E-state index contributed by atoms with van der Waals surface area (Å²) in [5.74, 6) is -0.903. The van der Waals surface area contributed by atoms with Crippen molar-refractivity contribution in [2.75, 3.05) is 11.9 Å². The first-order valence-corrected chi connectivity index (χ1v) is 6.38. The Bertz CT molecular complexity index is 473. The minimum Gasteiger partial charge on any atom is -0.373 e. The zero-order valence-electron chi connectivity index (χ0n) is 10.4. The normalized spacial score (nSPS) is 31.1. The molecule has 0 radical (unpaired) electrons. The summed E-state index contributed by atoms with van der Waals surface area (Å²) in [6, 6.07) is -0.162. The van der Waals surface area contributed by atoms with Gasteiger partial charge >= 0.3 is 6.18 Å². The number of ether oxygens (including phenoxy) is 1. The van der Waals surface area contributed by atoms with Crippen LogP contribution in [-0.4, -0.2) is 33.5 Å². The van der Waals surface area contributed by atoms with Crippen LogP contribution in [0.2, 0.25) is 0 Å². The lowest BCUT2D eigenvalue weighted by Crippen LogP contribution is -2.32. The van der Waals surface area contributed by atoms with Crippen molar-refractivity contribution in [2.24, 2.45) is 0 Å². The van der Waals surface area contributed by atoms with Crippen molar-refractivity contribution in [1.29, 1.82) is 0 Å². The summed E-state index contributed by atoms with van der Waals surface area (Å²) in [5, 5.41) is 6.46. The first-order chi connectivity index (χ1) is 8.95. The molecule has 1 aromatic rings. The van der Waals surface area contributed by atoms with Crippen LogP contribution in [0.1, 0.15) is 38.1 Å². The maximum absolute atomic E-state index is 12.6. The number of halogens is 3. The molecule has 2 aliphatic heterocycles. The highest BCUT2D eigenvalue weighted by molar-refractivity contribution is 5.29. The van der Waals surface area contributed by atoms with E-state index in [0.717, 1.165) is 12.8 Å². The zero-order valence-corrected chi connectivity index (χ0v) is 10.4. The fourth-order valence-corrected chi connectivity index (χ4v) is 2.71. The number of nitrogens with one attached hydrogen (secondary N) is 1. The molecule has 2 aliphatic rings. The van der Waals surface area contributed by atoms with Gasteiger partial charge < -0.3 is 10.1 Å². The third kappa shape index (κ3) is 2.29. The molecule has 3 rings (SSSR count). The third-order valence-corrected chi connectivity index (χ3v) is 3.62. The second kappa shape index (κ2) is 4.36. The Morgan fingerprint density at radius 1 is 1.32 bits per heavy atom. The molecule has 1 saturated heterocycles. The largest absolute Gasteiger partial charge is 0.453 e. The first-order valence-electron chi connectivity index (χ1n) is 6.38. The average Bonchev–Trinajstić information content (AvgIpc) is 2.93. The van der Waals surface area contributed by atoms with Gasteiger partial charge in [-0.2, -0.15) is 18.2 Å². The van der Waals surface area contributed by atoms with E-state index in [4.69, 9.17) is 4.74 Å². The van der Waals surface area contributed by atoms with Gasteiger partial charge in [0, 0.05) is 6.54 Å². The number of anilines is 1. The van der Waals surface area contributed by atoms with Crippen LogP contribution < -0.4 is 5.32 Å². The Kier molecular flexibility index (Phi) is 2.92. The van der Waals surface area contributed by atoms with Crippen molar-refractivity contribution in [3.05, 3.63) is 5.82 Å². The molecule has 1 fully saturated rings. The minimum atomic E-state index is -4.51. The molecule has 0 spiro atoms. The van der Waals surface area contributed by atoms with Gasteiger partial charge in [0.1, 0.15) is 0 Å². The van der Waals surface area contributed by atoms with E-state index in [1.807, 2.05) is 6.92 Å². The minimum absolute atomic E-state index is 0.0707. The highest BCUT2D eigenvalue weighted by Gasteiger charge is 2.41. The quantitative estimate of drug-likeness (QED) is 0.854. The second-order valence-electron chi connectivity index (χ2n) is 5.05. The Morgan fingerprint density at radius 3 is 2.74 bits per heavy atom. The van der Waals surface area contributed by atoms with Gasteiger partial charge in [0.2, 0.25) is 5.95 Å². The Hall–Kier alpha value is -1.31. The van der Waals surface area contributed by atoms with Gasteiger partial charge in [0.05, 0.1) is 18.2 Å². The lowest BCUT2D eigenvalue weighted by atomic mass is 10.0. The number of alkyl halides is 3. The number of hydrogen-bond acceptors (Lipinski definition) is 4. The lowest BCUT2D eigenvalue weighted by Gasteiger charge is -2.28. The van der Waals surface area contributed by atoms with Gasteiger partial charge in [-0.3, -0.25) is 0 Å². The van der Waals surface area contributed by atoms with Crippen LogP contribution in [0.15, 0.2) is 0 Å². The zero-order chi connectivity index (χ0) is 13.6. The number of aromatic nitrogens is 3. The van der Waals surface area contributed by atoms with Gasteiger partial charge in [-0.1, -0.05) is 0 Å². The van der Waals surface area contributed by atoms with Crippen molar-refractivity contribution in [1.82, 2.24) is 14.8 Å². The van der Waals surface area contributed by atoms with Gasteiger partial charge in [-0.15, -0.1) is 5.10 Å². The SMILES string of the molecule is CC1CCC(C2CCNc3nc(C(F)(F)F)nn32)O1. The monoisotopic (exact) mass is 276 g/mol. The van der Waals surface area contributed by atoms with Crippen molar-refractivity contribution >= 4 is 5.95 Å². The van der Waals surface area contributed by atoms with E-state index in [2.05, 4.69) is 15.4 Å². The molecule has 0 saturated carbocycles. The molecule has 8 heteroatoms. The predicted octanol–water partition coefficient (Wildman–Crippen LogP) is 2.22. The average molecular weight is 276 g/mol. The second-order valence-corrected chi connectivity index (χ2v) is 5.05. The van der Waals surface area contributed by atoms with Crippen LogP contribution in [0.25, 0.3) is 0 Å². The fourth-order valence-electron chi connectivity index (χ4n) is 2.71. The molecule has 19 heavy (non-hydrogen) atoms. The molecule has 0 aromatic carbocycles. The maximum Gasteiger partial charge on any atom is 0.453 e. The molecule has 3 heterocycles. The molecule has 1 aromatic heterocycles. The van der Waals surface area contributed by atoms with E-state index in [9.17, 15) is 13.2 Å². The molecule has 0 bridgehead atoms. The highest BCUT2D eigenvalue weighted by Crippen LogP contribution is 2.35. The summed E-state index contributed by atoms with van der Waals surface area (Å²) in [6.45, 7) is 2.57. The molecule has 3 atom stereocenters. The summed E-state index contributed by atoms with van der Waals surface area (Å²) < 4.78 is 45.0. The van der Waals surface area contributed by atoms with Gasteiger partial charge in [-0.05, 0) is 26.2 Å². The number of rotatable bonds is 1. The molecular weight excluding hydrogens is 261 g/mol. The first kappa shape index (κ1) is 12.7. The maximum atomic E-state index is 12.6. The lowest BCUT2D eigenvalue weighted by molar-refractivity contribution is -0.145.